The fourth-order valence-electron chi connectivity index (χ4n) is 2.92. The Bertz CT molecular complexity index is 756. The minimum absolute atomic E-state index is 0.0993. The van der Waals surface area contributed by atoms with Gasteiger partial charge in [0, 0.05) is 20.5 Å². The summed E-state index contributed by atoms with van der Waals surface area (Å²) in [5.74, 6) is 0.888. The molecule has 0 radical (unpaired) electrons. The number of unbranched alkanes of at least 4 members (excludes halogenated alkanes) is 7. The molecule has 0 aliphatic heterocycles. The second kappa shape index (κ2) is 8.43. The molecule has 2 heterocycles. The van der Waals surface area contributed by atoms with E-state index in [2.05, 4.69) is 16.9 Å². The van der Waals surface area contributed by atoms with E-state index in [1.807, 2.05) is 7.05 Å². The number of aryl methyl sites for hydroxylation is 2. The van der Waals surface area contributed by atoms with Gasteiger partial charge >= 0.3 is 0 Å². The lowest BCUT2D eigenvalue weighted by Crippen LogP contribution is -2.21. The zero-order chi connectivity index (χ0) is 16.8. The molecule has 2 aromatic rings. The number of aromatic nitrogens is 4. The van der Waals surface area contributed by atoms with E-state index in [1.165, 1.54) is 49.5 Å². The molecule has 0 aromatic carbocycles. The maximum absolute atomic E-state index is 12.2. The van der Waals surface area contributed by atoms with Crippen LogP contribution >= 0.6 is 12.2 Å². The van der Waals surface area contributed by atoms with Gasteiger partial charge in [-0.3, -0.25) is 9.36 Å². The molecular formula is C17H28N4OS. The van der Waals surface area contributed by atoms with Crippen LogP contribution in [0.15, 0.2) is 4.79 Å². The standard InChI is InChI=1S/C17H28N4OS/c1-4-5-6-7-8-9-10-11-12-13-18-14-15(19-13)20(2)17(23)21(3)16(14)22/h4-12H2,1-3H3,(H,18,19). The molecule has 23 heavy (non-hydrogen) atoms. The van der Waals surface area contributed by atoms with Crippen LogP contribution in [0.25, 0.3) is 11.2 Å². The van der Waals surface area contributed by atoms with Crippen molar-refractivity contribution in [3.8, 4) is 0 Å². The SMILES string of the molecule is CCCCCCCCCCc1nc2c([nH]1)c(=O)n(C)c(=S)n2C. The molecule has 0 amide bonds. The van der Waals surface area contributed by atoms with Gasteiger partial charge in [0.1, 0.15) is 11.3 Å². The van der Waals surface area contributed by atoms with Crippen LogP contribution in [0.4, 0.5) is 0 Å². The third-order valence-electron chi connectivity index (χ3n) is 4.41. The van der Waals surface area contributed by atoms with Gasteiger partial charge in [0.15, 0.2) is 10.4 Å². The zero-order valence-corrected chi connectivity index (χ0v) is 15.3. The van der Waals surface area contributed by atoms with Crippen molar-refractivity contribution >= 4 is 23.4 Å². The molecule has 0 atom stereocenters. The van der Waals surface area contributed by atoms with E-state index in [0.29, 0.717) is 15.9 Å². The molecule has 0 saturated heterocycles. The summed E-state index contributed by atoms with van der Waals surface area (Å²) < 4.78 is 3.77. The molecule has 0 aliphatic rings. The van der Waals surface area contributed by atoms with Crippen LogP contribution in [0, 0.1) is 4.77 Å². The normalized spacial score (nSPS) is 11.4. The van der Waals surface area contributed by atoms with Crippen LogP contribution in [0.3, 0.4) is 0 Å². The number of imidazole rings is 1. The van der Waals surface area contributed by atoms with Crippen LogP contribution in [0.5, 0.6) is 0 Å². The van der Waals surface area contributed by atoms with Crippen molar-refractivity contribution in [3.63, 3.8) is 0 Å². The Labute approximate surface area is 142 Å². The van der Waals surface area contributed by atoms with Crippen LogP contribution in [-0.2, 0) is 20.5 Å². The molecule has 0 spiro atoms. The number of nitrogens with one attached hydrogen (secondary N) is 1. The molecule has 0 saturated carbocycles. The highest BCUT2D eigenvalue weighted by atomic mass is 32.1. The largest absolute Gasteiger partial charge is 0.336 e. The first-order chi connectivity index (χ1) is 11.1. The summed E-state index contributed by atoms with van der Waals surface area (Å²) in [6.07, 6.45) is 11.2. The lowest BCUT2D eigenvalue weighted by atomic mass is 10.1. The van der Waals surface area contributed by atoms with Gasteiger partial charge in [-0.1, -0.05) is 51.9 Å². The van der Waals surface area contributed by atoms with Crippen molar-refractivity contribution in [1.82, 2.24) is 19.1 Å². The number of aromatic amines is 1. The highest BCUT2D eigenvalue weighted by Gasteiger charge is 2.11. The number of hydrogen-bond donors (Lipinski definition) is 1. The average Bonchev–Trinajstić information content (AvgIpc) is 2.98. The monoisotopic (exact) mass is 336 g/mol. The minimum Gasteiger partial charge on any atom is -0.336 e. The second-order valence-electron chi connectivity index (χ2n) is 6.31. The zero-order valence-electron chi connectivity index (χ0n) is 14.5. The van der Waals surface area contributed by atoms with Gasteiger partial charge in [-0.15, -0.1) is 0 Å². The number of hydrogen-bond acceptors (Lipinski definition) is 3. The van der Waals surface area contributed by atoms with Crippen LogP contribution in [0.1, 0.15) is 64.1 Å². The number of rotatable bonds is 9. The van der Waals surface area contributed by atoms with Crippen molar-refractivity contribution in [3.05, 3.63) is 20.9 Å². The molecular weight excluding hydrogens is 308 g/mol. The third-order valence-corrected chi connectivity index (χ3v) is 4.96. The predicted molar refractivity (Wildman–Crippen MR) is 97.5 cm³/mol. The predicted octanol–water partition coefficient (Wildman–Crippen LogP) is 4.01. The quantitative estimate of drug-likeness (QED) is 0.556. The van der Waals surface area contributed by atoms with Crippen molar-refractivity contribution in [2.45, 2.75) is 64.7 Å². The van der Waals surface area contributed by atoms with E-state index in [-0.39, 0.29) is 5.56 Å². The summed E-state index contributed by atoms with van der Waals surface area (Å²) in [5, 5.41) is 0. The summed E-state index contributed by atoms with van der Waals surface area (Å²) >= 11 is 5.26. The summed E-state index contributed by atoms with van der Waals surface area (Å²) in [5.41, 5.74) is 1.11. The average molecular weight is 337 g/mol. The number of nitrogens with zero attached hydrogens (tertiary/aromatic N) is 3. The smallest absolute Gasteiger partial charge is 0.280 e. The molecule has 128 valence electrons. The van der Waals surface area contributed by atoms with Crippen molar-refractivity contribution in [2.75, 3.05) is 0 Å². The van der Waals surface area contributed by atoms with Crippen LogP contribution in [-0.4, -0.2) is 19.1 Å². The Morgan fingerprint density at radius 3 is 2.26 bits per heavy atom. The highest BCUT2D eigenvalue weighted by Crippen LogP contribution is 2.12. The fourth-order valence-corrected chi connectivity index (χ4v) is 3.09. The Morgan fingerprint density at radius 2 is 1.61 bits per heavy atom. The Morgan fingerprint density at radius 1 is 1.00 bits per heavy atom. The first-order valence-corrected chi connectivity index (χ1v) is 9.11. The summed E-state index contributed by atoms with van der Waals surface area (Å²) in [6.45, 7) is 2.25. The van der Waals surface area contributed by atoms with Crippen molar-refractivity contribution < 1.29 is 0 Å². The third kappa shape index (κ3) is 4.31. The van der Waals surface area contributed by atoms with Crippen molar-refractivity contribution in [1.29, 1.82) is 0 Å². The topological polar surface area (TPSA) is 55.6 Å². The van der Waals surface area contributed by atoms with Gasteiger partial charge in [0.2, 0.25) is 0 Å². The first-order valence-electron chi connectivity index (χ1n) is 8.70. The van der Waals surface area contributed by atoms with E-state index >= 15 is 0 Å². The van der Waals surface area contributed by atoms with Crippen LogP contribution < -0.4 is 5.56 Å². The number of fused-ring (bicyclic) bond motifs is 1. The summed E-state index contributed by atoms with van der Waals surface area (Å²) in [6, 6.07) is 0. The molecule has 2 aromatic heterocycles. The Kier molecular flexibility index (Phi) is 6.57. The lowest BCUT2D eigenvalue weighted by molar-refractivity contribution is 0.572. The van der Waals surface area contributed by atoms with Gasteiger partial charge < -0.3 is 9.55 Å². The van der Waals surface area contributed by atoms with Crippen molar-refractivity contribution in [2.24, 2.45) is 14.1 Å². The van der Waals surface area contributed by atoms with Gasteiger partial charge in [-0.25, -0.2) is 4.98 Å². The van der Waals surface area contributed by atoms with E-state index in [0.717, 1.165) is 18.7 Å². The molecule has 6 heteroatoms. The molecule has 0 bridgehead atoms. The van der Waals surface area contributed by atoms with E-state index in [4.69, 9.17) is 12.2 Å². The fraction of sp³-hybridized carbons (Fsp3) is 0.706. The Balaban J connectivity index is 1.90. The first kappa shape index (κ1) is 17.9. The minimum atomic E-state index is -0.0993. The molecule has 0 unspecified atom stereocenters. The summed E-state index contributed by atoms with van der Waals surface area (Å²) in [4.78, 5) is 20.0. The maximum atomic E-state index is 12.2. The molecule has 0 fully saturated rings. The molecule has 1 N–H and O–H groups in total. The molecule has 2 rings (SSSR count). The van der Waals surface area contributed by atoms with Gasteiger partial charge in [-0.05, 0) is 18.6 Å². The van der Waals surface area contributed by atoms with E-state index in [1.54, 1.807) is 11.6 Å². The number of H-pyrrole nitrogens is 1. The molecule has 0 aliphatic carbocycles. The Hall–Kier alpha value is -1.43. The lowest BCUT2D eigenvalue weighted by Gasteiger charge is -2.03. The van der Waals surface area contributed by atoms with Crippen LogP contribution in [0.2, 0.25) is 0 Å². The van der Waals surface area contributed by atoms with Gasteiger partial charge in [0.25, 0.3) is 5.56 Å². The van der Waals surface area contributed by atoms with Gasteiger partial charge in [-0.2, -0.15) is 0 Å². The van der Waals surface area contributed by atoms with E-state index < -0.39 is 0 Å². The van der Waals surface area contributed by atoms with E-state index in [9.17, 15) is 4.79 Å². The summed E-state index contributed by atoms with van der Waals surface area (Å²) in [7, 11) is 3.55. The maximum Gasteiger partial charge on any atom is 0.280 e. The van der Waals surface area contributed by atoms with Gasteiger partial charge in [0.05, 0.1) is 0 Å². The molecule has 5 nitrogen and oxygen atoms in total. The second-order valence-corrected chi connectivity index (χ2v) is 6.68. The highest BCUT2D eigenvalue weighted by molar-refractivity contribution is 7.71.